The third-order valence-corrected chi connectivity index (χ3v) is 5.88. The normalized spacial score (nSPS) is 11.9. The molecular weight excluding hydrogens is 421 g/mol. The van der Waals surface area contributed by atoms with Crippen LogP contribution in [-0.2, 0) is 21.4 Å². The van der Waals surface area contributed by atoms with Gasteiger partial charge in [0.15, 0.2) is 0 Å². The van der Waals surface area contributed by atoms with Crippen LogP contribution in [0.25, 0.3) is 0 Å². The highest BCUT2D eigenvalue weighted by atomic mass is 32.2. The van der Waals surface area contributed by atoms with Crippen molar-refractivity contribution in [2.75, 3.05) is 13.6 Å². The van der Waals surface area contributed by atoms with Crippen LogP contribution in [0.15, 0.2) is 47.4 Å². The van der Waals surface area contributed by atoms with Gasteiger partial charge in [0.25, 0.3) is 0 Å². The molecule has 1 N–H and O–H groups in total. The third-order valence-electron chi connectivity index (χ3n) is 4.42. The minimum Gasteiger partial charge on any atom is -0.406 e. The summed E-state index contributed by atoms with van der Waals surface area (Å²) in [5.74, 6) is -0.658. The largest absolute Gasteiger partial charge is 0.573 e. The molecule has 30 heavy (non-hydrogen) atoms. The lowest BCUT2D eigenvalue weighted by Crippen LogP contribution is -2.32. The van der Waals surface area contributed by atoms with Crippen molar-refractivity contribution in [3.8, 4) is 5.75 Å². The highest BCUT2D eigenvalue weighted by molar-refractivity contribution is 7.89. The quantitative estimate of drug-likeness (QED) is 0.676. The monoisotopic (exact) mass is 444 g/mol. The van der Waals surface area contributed by atoms with E-state index in [0.717, 1.165) is 11.1 Å². The molecule has 2 aromatic carbocycles. The second-order valence-electron chi connectivity index (χ2n) is 6.84. The van der Waals surface area contributed by atoms with Crippen molar-refractivity contribution in [2.45, 2.75) is 38.1 Å². The van der Waals surface area contributed by atoms with Crippen LogP contribution >= 0.6 is 0 Å². The Morgan fingerprint density at radius 2 is 1.70 bits per heavy atom. The molecule has 0 aliphatic rings. The number of carbonyl (C=O) groups is 1. The Bertz CT molecular complexity index is 990. The van der Waals surface area contributed by atoms with Crippen LogP contribution in [0.3, 0.4) is 0 Å². The van der Waals surface area contributed by atoms with E-state index in [0.29, 0.717) is 5.56 Å². The predicted molar refractivity (Wildman–Crippen MR) is 105 cm³/mol. The summed E-state index contributed by atoms with van der Waals surface area (Å²) in [4.78, 5) is 13.7. The number of hydrogen-bond acceptors (Lipinski definition) is 4. The first-order valence-electron chi connectivity index (χ1n) is 9.03. The Morgan fingerprint density at radius 3 is 2.27 bits per heavy atom. The zero-order chi connectivity index (χ0) is 22.5. The molecule has 2 rings (SSSR count). The summed E-state index contributed by atoms with van der Waals surface area (Å²) >= 11 is 0. The van der Waals surface area contributed by atoms with E-state index in [-0.39, 0.29) is 36.1 Å². The summed E-state index contributed by atoms with van der Waals surface area (Å²) in [6, 6.07) is 9.97. The smallest absolute Gasteiger partial charge is 0.406 e. The van der Waals surface area contributed by atoms with E-state index in [9.17, 15) is 26.4 Å². The number of rotatable bonds is 8. The Morgan fingerprint density at radius 1 is 1.07 bits per heavy atom. The van der Waals surface area contributed by atoms with Gasteiger partial charge in [0.1, 0.15) is 5.75 Å². The molecule has 0 saturated carbocycles. The van der Waals surface area contributed by atoms with Gasteiger partial charge < -0.3 is 9.64 Å². The maximum Gasteiger partial charge on any atom is 0.573 e. The number of sulfonamides is 1. The number of hydrogen-bond donors (Lipinski definition) is 1. The van der Waals surface area contributed by atoms with Gasteiger partial charge in [0.05, 0.1) is 4.90 Å². The molecule has 1 amide bonds. The van der Waals surface area contributed by atoms with Gasteiger partial charge in [-0.1, -0.05) is 18.2 Å². The molecule has 0 aromatic heterocycles. The summed E-state index contributed by atoms with van der Waals surface area (Å²) in [5, 5.41) is 0. The number of carbonyl (C=O) groups excluding carboxylic acids is 1. The molecule has 0 unspecified atom stereocenters. The van der Waals surface area contributed by atoms with E-state index in [1.165, 1.54) is 42.3 Å². The SMILES string of the molecule is Cc1ccc(S(=O)(=O)NCCC(=O)N(C)Cc2ccc(OC(F)(F)F)cc2)cc1C. The second kappa shape index (κ2) is 9.48. The number of nitrogens with zero attached hydrogens (tertiary/aromatic N) is 1. The maximum atomic E-state index is 12.3. The molecule has 0 radical (unpaired) electrons. The Kier molecular flexibility index (Phi) is 7.49. The molecule has 0 heterocycles. The number of amides is 1. The van der Waals surface area contributed by atoms with Crippen molar-refractivity contribution in [3.05, 3.63) is 59.2 Å². The summed E-state index contributed by atoms with van der Waals surface area (Å²) in [6.45, 7) is 3.78. The van der Waals surface area contributed by atoms with Crippen LogP contribution in [0.5, 0.6) is 5.75 Å². The van der Waals surface area contributed by atoms with Crippen LogP contribution in [0.1, 0.15) is 23.1 Å². The standard InChI is InChI=1S/C20H23F3N2O4S/c1-14-4-9-18(12-15(14)2)30(27,28)24-11-10-19(26)25(3)13-16-5-7-17(8-6-16)29-20(21,22)23/h4-9,12,24H,10-11,13H2,1-3H3. The number of halogens is 3. The first-order chi connectivity index (χ1) is 13.9. The number of ether oxygens (including phenoxy) is 1. The van der Waals surface area contributed by atoms with Crippen molar-refractivity contribution in [2.24, 2.45) is 0 Å². The highest BCUT2D eigenvalue weighted by Crippen LogP contribution is 2.23. The lowest BCUT2D eigenvalue weighted by atomic mass is 10.1. The van der Waals surface area contributed by atoms with E-state index >= 15 is 0 Å². The van der Waals surface area contributed by atoms with Crippen molar-refractivity contribution < 1.29 is 31.1 Å². The fourth-order valence-corrected chi connectivity index (χ4v) is 3.72. The number of benzene rings is 2. The lowest BCUT2D eigenvalue weighted by Gasteiger charge is -2.18. The molecule has 2 aromatic rings. The summed E-state index contributed by atoms with van der Waals surface area (Å²) in [5.41, 5.74) is 2.43. The van der Waals surface area contributed by atoms with Gasteiger partial charge >= 0.3 is 6.36 Å². The third kappa shape index (κ3) is 7.03. The molecule has 0 fully saturated rings. The van der Waals surface area contributed by atoms with Crippen LogP contribution in [0.4, 0.5) is 13.2 Å². The Balaban J connectivity index is 1.86. The van der Waals surface area contributed by atoms with Crippen LogP contribution in [-0.4, -0.2) is 39.2 Å². The molecular formula is C20H23F3N2O4S. The van der Waals surface area contributed by atoms with Crippen molar-refractivity contribution in [1.29, 1.82) is 0 Å². The van der Waals surface area contributed by atoms with E-state index < -0.39 is 16.4 Å². The van der Waals surface area contributed by atoms with Gasteiger partial charge in [-0.05, 0) is 54.8 Å². The molecule has 0 saturated heterocycles. The number of nitrogens with one attached hydrogen (secondary N) is 1. The van der Waals surface area contributed by atoms with E-state index in [2.05, 4.69) is 9.46 Å². The Labute approximate surface area is 173 Å². The second-order valence-corrected chi connectivity index (χ2v) is 8.60. The van der Waals surface area contributed by atoms with E-state index in [1.807, 2.05) is 13.8 Å². The zero-order valence-electron chi connectivity index (χ0n) is 16.8. The first-order valence-corrected chi connectivity index (χ1v) is 10.5. The minimum atomic E-state index is -4.76. The first kappa shape index (κ1) is 23.7. The van der Waals surface area contributed by atoms with Gasteiger partial charge in [-0.15, -0.1) is 13.2 Å². The molecule has 0 aliphatic carbocycles. The molecule has 10 heteroatoms. The summed E-state index contributed by atoms with van der Waals surface area (Å²) in [7, 11) is -2.20. The van der Waals surface area contributed by atoms with Crippen molar-refractivity contribution >= 4 is 15.9 Å². The van der Waals surface area contributed by atoms with E-state index in [1.54, 1.807) is 12.1 Å². The van der Waals surface area contributed by atoms with Gasteiger partial charge in [-0.2, -0.15) is 0 Å². The average molecular weight is 444 g/mol. The fraction of sp³-hybridized carbons (Fsp3) is 0.350. The number of aryl methyl sites for hydroxylation is 2. The maximum absolute atomic E-state index is 12.3. The van der Waals surface area contributed by atoms with Gasteiger partial charge in [0.2, 0.25) is 15.9 Å². The predicted octanol–water partition coefficient (Wildman–Crippen LogP) is 3.53. The molecule has 0 atom stereocenters. The van der Waals surface area contributed by atoms with E-state index in [4.69, 9.17) is 0 Å². The van der Waals surface area contributed by atoms with Gasteiger partial charge in [-0.3, -0.25) is 4.79 Å². The molecule has 0 aliphatic heterocycles. The number of alkyl halides is 3. The molecule has 6 nitrogen and oxygen atoms in total. The molecule has 0 bridgehead atoms. The summed E-state index contributed by atoms with van der Waals surface area (Å²) < 4.78 is 67.4. The average Bonchev–Trinajstić information content (AvgIpc) is 2.64. The van der Waals surface area contributed by atoms with Crippen molar-refractivity contribution in [1.82, 2.24) is 9.62 Å². The van der Waals surface area contributed by atoms with Crippen LogP contribution in [0.2, 0.25) is 0 Å². The van der Waals surface area contributed by atoms with Gasteiger partial charge in [-0.25, -0.2) is 13.1 Å². The fourth-order valence-electron chi connectivity index (χ4n) is 2.61. The summed E-state index contributed by atoms with van der Waals surface area (Å²) in [6.07, 6.45) is -4.82. The van der Waals surface area contributed by atoms with Crippen LogP contribution < -0.4 is 9.46 Å². The topological polar surface area (TPSA) is 75.7 Å². The molecule has 0 spiro atoms. The lowest BCUT2D eigenvalue weighted by molar-refractivity contribution is -0.274. The van der Waals surface area contributed by atoms with Crippen molar-refractivity contribution in [3.63, 3.8) is 0 Å². The highest BCUT2D eigenvalue weighted by Gasteiger charge is 2.31. The minimum absolute atomic E-state index is 0.0597. The van der Waals surface area contributed by atoms with Gasteiger partial charge in [0, 0.05) is 26.6 Å². The Hall–Kier alpha value is -2.59. The van der Waals surface area contributed by atoms with Crippen LogP contribution in [0, 0.1) is 13.8 Å². The zero-order valence-corrected chi connectivity index (χ0v) is 17.6. The molecule has 164 valence electrons.